The second-order valence-electron chi connectivity index (χ2n) is 7.45. The number of allylic oxidation sites excluding steroid dienone is 1. The Hall–Kier alpha value is -3.09. The fourth-order valence-corrected chi connectivity index (χ4v) is 5.26. The first kappa shape index (κ1) is 22.2. The normalized spacial score (nSPS) is 32.1. The molecule has 1 unspecified atom stereocenters. The zero-order chi connectivity index (χ0) is 21.1. The van der Waals surface area contributed by atoms with Crippen LogP contribution in [-0.4, -0.2) is 47.4 Å². The van der Waals surface area contributed by atoms with Crippen molar-refractivity contribution in [2.24, 2.45) is 5.41 Å². The van der Waals surface area contributed by atoms with Gasteiger partial charge in [0.1, 0.15) is 22.8 Å². The number of nitrogens with one attached hydrogen (secondary N) is 1. The van der Waals surface area contributed by atoms with Crippen LogP contribution >= 0.6 is 0 Å². The molecule has 2 aliphatic rings. The number of hydrogen-bond donors (Lipinski definition) is 3. The summed E-state index contributed by atoms with van der Waals surface area (Å²) in [5, 5.41) is 34.3. The predicted molar refractivity (Wildman–Crippen MR) is 101 cm³/mol. The van der Waals surface area contributed by atoms with E-state index in [0.717, 1.165) is 7.11 Å². The Morgan fingerprint density at radius 1 is 1.28 bits per heavy atom. The van der Waals surface area contributed by atoms with Crippen LogP contribution in [0.3, 0.4) is 0 Å². The first-order valence-corrected chi connectivity index (χ1v) is 8.65. The zero-order valence-electron chi connectivity index (χ0n) is 16.8. The molecule has 29 heavy (non-hydrogen) atoms. The molecule has 0 fully saturated rings. The van der Waals surface area contributed by atoms with Crippen molar-refractivity contribution in [2.45, 2.75) is 37.8 Å². The molecule has 3 rings (SSSR count). The van der Waals surface area contributed by atoms with Gasteiger partial charge in [-0.3, -0.25) is 4.79 Å². The number of carboxylic acid groups (broad SMARTS) is 1. The van der Waals surface area contributed by atoms with Crippen molar-refractivity contribution >= 4 is 11.9 Å². The third-order valence-corrected chi connectivity index (χ3v) is 6.34. The summed E-state index contributed by atoms with van der Waals surface area (Å²) in [6.45, 7) is 4.57. The number of esters is 1. The molecular formula is C20H24N2O7. The summed E-state index contributed by atoms with van der Waals surface area (Å²) in [4.78, 5) is 25.5. The Morgan fingerprint density at radius 3 is 2.38 bits per heavy atom. The molecular weight excluding hydrogens is 380 g/mol. The highest BCUT2D eigenvalue weighted by Gasteiger charge is 2.77. The van der Waals surface area contributed by atoms with Crippen LogP contribution in [0.25, 0.3) is 0 Å². The Kier molecular flexibility index (Phi) is 5.17. The number of nitrogens with zero attached hydrogens (tertiary/aromatic N) is 1. The van der Waals surface area contributed by atoms with Crippen molar-refractivity contribution in [3.8, 4) is 11.8 Å². The molecule has 0 saturated heterocycles. The Balaban J connectivity index is 0.00000300. The maximum atomic E-state index is 13.2. The lowest BCUT2D eigenvalue weighted by molar-refractivity contribution is -0.174. The standard InChI is InChI=1S/C20H22N2O6.H2O/c1-10-14(16(24)25)19(3)13-7-6-11(27-4)8-12(13)15(23)20(19,17(26)28-5)18(2,9-21)22-10;/h6-8,15,22-23H,1-5H3,(H,24,25);1H2/t15-,18-,19?,20-;/m1./s1. The number of rotatable bonds is 3. The van der Waals surface area contributed by atoms with E-state index in [0.29, 0.717) is 16.9 Å². The summed E-state index contributed by atoms with van der Waals surface area (Å²) in [7, 11) is 2.61. The van der Waals surface area contributed by atoms with E-state index in [1.807, 2.05) is 0 Å². The molecule has 0 radical (unpaired) electrons. The minimum absolute atomic E-state index is 0. The molecule has 5 N–H and O–H groups in total. The number of aliphatic hydroxyl groups is 1. The highest BCUT2D eigenvalue weighted by molar-refractivity contribution is 5.97. The number of carboxylic acids is 1. The zero-order valence-corrected chi connectivity index (χ0v) is 16.8. The molecule has 0 bridgehead atoms. The molecule has 1 aliphatic heterocycles. The number of carbonyl (C=O) groups is 2. The molecule has 0 aromatic heterocycles. The Bertz CT molecular complexity index is 966. The van der Waals surface area contributed by atoms with Crippen LogP contribution in [0, 0.1) is 16.7 Å². The van der Waals surface area contributed by atoms with Gasteiger partial charge in [-0.25, -0.2) is 4.79 Å². The van der Waals surface area contributed by atoms with Crippen molar-refractivity contribution < 1.29 is 34.8 Å². The van der Waals surface area contributed by atoms with Crippen molar-refractivity contribution in [2.75, 3.05) is 14.2 Å². The van der Waals surface area contributed by atoms with Gasteiger partial charge in [0.05, 0.1) is 25.9 Å². The average molecular weight is 404 g/mol. The number of carbonyl (C=O) groups excluding carboxylic acids is 1. The number of fused-ring (bicyclic) bond motifs is 3. The van der Waals surface area contributed by atoms with Crippen molar-refractivity contribution in [1.82, 2.24) is 5.32 Å². The van der Waals surface area contributed by atoms with Crippen molar-refractivity contribution in [3.05, 3.63) is 40.6 Å². The number of aliphatic hydroxyl groups excluding tert-OH is 1. The lowest BCUT2D eigenvalue weighted by Gasteiger charge is -2.55. The van der Waals surface area contributed by atoms with Gasteiger partial charge in [-0.1, -0.05) is 6.07 Å². The van der Waals surface area contributed by atoms with Gasteiger partial charge in [-0.05, 0) is 44.0 Å². The van der Waals surface area contributed by atoms with Crippen LogP contribution < -0.4 is 10.1 Å². The van der Waals surface area contributed by atoms with Gasteiger partial charge >= 0.3 is 11.9 Å². The number of benzene rings is 1. The largest absolute Gasteiger partial charge is 0.497 e. The molecule has 9 nitrogen and oxygen atoms in total. The maximum absolute atomic E-state index is 13.2. The number of hydrogen-bond acceptors (Lipinski definition) is 7. The highest BCUT2D eigenvalue weighted by Crippen LogP contribution is 2.68. The van der Waals surface area contributed by atoms with Gasteiger partial charge in [0.2, 0.25) is 0 Å². The quantitative estimate of drug-likeness (QED) is 0.617. The molecule has 156 valence electrons. The van der Waals surface area contributed by atoms with E-state index in [1.165, 1.54) is 14.0 Å². The molecule has 1 aliphatic carbocycles. The van der Waals surface area contributed by atoms with Gasteiger partial charge in [0.25, 0.3) is 0 Å². The minimum Gasteiger partial charge on any atom is -0.497 e. The maximum Gasteiger partial charge on any atom is 0.334 e. The SMILES string of the molecule is COC(=O)[C@@]12[C@H](O)c3cc(OC)ccc3C1(C)C(C(=O)O)=C(C)N[C@]2(C)C#N.O. The molecule has 0 amide bonds. The summed E-state index contributed by atoms with van der Waals surface area (Å²) >= 11 is 0. The van der Waals surface area contributed by atoms with Crippen molar-refractivity contribution in [3.63, 3.8) is 0 Å². The van der Waals surface area contributed by atoms with E-state index < -0.39 is 34.4 Å². The predicted octanol–water partition coefficient (Wildman–Crippen LogP) is 0.579. The second kappa shape index (κ2) is 6.76. The van der Waals surface area contributed by atoms with Crippen LogP contribution in [0.4, 0.5) is 0 Å². The van der Waals surface area contributed by atoms with E-state index in [2.05, 4.69) is 11.4 Å². The van der Waals surface area contributed by atoms with E-state index in [9.17, 15) is 25.1 Å². The highest BCUT2D eigenvalue weighted by atomic mass is 16.5. The number of nitriles is 1. The van der Waals surface area contributed by atoms with Crippen LogP contribution in [0.1, 0.15) is 38.0 Å². The van der Waals surface area contributed by atoms with Crippen LogP contribution in [0.15, 0.2) is 29.5 Å². The number of methoxy groups -OCH3 is 2. The van der Waals surface area contributed by atoms with Crippen LogP contribution in [0.2, 0.25) is 0 Å². The lowest BCUT2D eigenvalue weighted by Crippen LogP contribution is -2.71. The first-order valence-electron chi connectivity index (χ1n) is 8.65. The molecule has 1 heterocycles. The molecule has 4 atom stereocenters. The van der Waals surface area contributed by atoms with Gasteiger partial charge in [-0.15, -0.1) is 0 Å². The minimum atomic E-state index is -1.94. The monoisotopic (exact) mass is 404 g/mol. The summed E-state index contributed by atoms with van der Waals surface area (Å²) in [5.41, 5.74) is -4.22. The van der Waals surface area contributed by atoms with Gasteiger partial charge in [-0.2, -0.15) is 5.26 Å². The summed E-state index contributed by atoms with van der Waals surface area (Å²) in [6, 6.07) is 6.90. The number of aliphatic carboxylic acids is 1. The molecule has 1 aromatic carbocycles. The lowest BCUT2D eigenvalue weighted by atomic mass is 9.50. The van der Waals surface area contributed by atoms with E-state index >= 15 is 0 Å². The van der Waals surface area contributed by atoms with Crippen LogP contribution in [-0.2, 0) is 19.7 Å². The molecule has 1 aromatic rings. The molecule has 0 spiro atoms. The van der Waals surface area contributed by atoms with E-state index in [4.69, 9.17) is 9.47 Å². The smallest absolute Gasteiger partial charge is 0.334 e. The second-order valence-corrected chi connectivity index (χ2v) is 7.45. The van der Waals surface area contributed by atoms with Gasteiger partial charge in [0, 0.05) is 11.1 Å². The van der Waals surface area contributed by atoms with Crippen LogP contribution in [0.5, 0.6) is 5.75 Å². The fraction of sp³-hybridized carbons (Fsp3) is 0.450. The Labute approximate surface area is 167 Å². The first-order chi connectivity index (χ1) is 13.1. The van der Waals surface area contributed by atoms with E-state index in [-0.39, 0.29) is 16.7 Å². The van der Waals surface area contributed by atoms with Crippen molar-refractivity contribution in [1.29, 1.82) is 5.26 Å². The molecule has 9 heteroatoms. The third kappa shape index (κ3) is 2.27. The summed E-state index contributed by atoms with van der Waals surface area (Å²) < 4.78 is 10.3. The summed E-state index contributed by atoms with van der Waals surface area (Å²) in [5.74, 6) is -1.69. The van der Waals surface area contributed by atoms with Gasteiger partial charge in [0.15, 0.2) is 0 Å². The Morgan fingerprint density at radius 2 is 1.90 bits per heavy atom. The average Bonchev–Trinajstić information content (AvgIpc) is 2.86. The fourth-order valence-electron chi connectivity index (χ4n) is 5.26. The summed E-state index contributed by atoms with van der Waals surface area (Å²) in [6.07, 6.45) is -1.50. The van der Waals surface area contributed by atoms with E-state index in [1.54, 1.807) is 32.0 Å². The molecule has 0 saturated carbocycles. The topological polar surface area (TPSA) is 160 Å². The van der Waals surface area contributed by atoms with Gasteiger partial charge < -0.3 is 30.5 Å². The third-order valence-electron chi connectivity index (χ3n) is 6.34. The number of ether oxygens (including phenoxy) is 2.